The van der Waals surface area contributed by atoms with E-state index in [1.807, 2.05) is 12.4 Å². The van der Waals surface area contributed by atoms with Crippen LogP contribution in [0.2, 0.25) is 0 Å². The molecule has 1 unspecified atom stereocenters. The van der Waals surface area contributed by atoms with E-state index >= 15 is 0 Å². The molecule has 0 bridgehead atoms. The Hall–Kier alpha value is -1.16. The van der Waals surface area contributed by atoms with Crippen LogP contribution in [0, 0.1) is 0 Å². The lowest BCUT2D eigenvalue weighted by Gasteiger charge is -2.28. The Bertz CT molecular complexity index is 350. The fraction of sp³-hybridized carbons (Fsp3) is 0.692. The molecule has 0 aromatic carbocycles. The molecule has 1 saturated heterocycles. The zero-order chi connectivity index (χ0) is 12.1. The fourth-order valence-corrected chi connectivity index (χ4v) is 2.13. The molecule has 1 aliphatic heterocycles. The lowest BCUT2D eigenvalue weighted by Crippen LogP contribution is -2.37. The Balaban J connectivity index is 2.09. The van der Waals surface area contributed by atoms with Crippen LogP contribution in [0.25, 0.3) is 0 Å². The normalized spacial score (nSPS) is 18.1. The van der Waals surface area contributed by atoms with Gasteiger partial charge in [-0.2, -0.15) is 0 Å². The molecule has 0 aliphatic carbocycles. The molecule has 4 heteroatoms. The second kappa shape index (κ2) is 5.96. The van der Waals surface area contributed by atoms with Crippen molar-refractivity contribution in [3.8, 4) is 0 Å². The average Bonchev–Trinajstić information content (AvgIpc) is 2.40. The highest BCUT2D eigenvalue weighted by atomic mass is 16.5. The minimum Gasteiger partial charge on any atom is -0.378 e. The van der Waals surface area contributed by atoms with E-state index in [1.165, 1.54) is 12.8 Å². The number of rotatable bonds is 4. The minimum absolute atomic E-state index is 0.494. The summed E-state index contributed by atoms with van der Waals surface area (Å²) >= 11 is 0. The lowest BCUT2D eigenvalue weighted by atomic mass is 10.0. The van der Waals surface area contributed by atoms with Crippen LogP contribution >= 0.6 is 0 Å². The maximum atomic E-state index is 5.35. The van der Waals surface area contributed by atoms with Gasteiger partial charge in [0.05, 0.1) is 25.1 Å². The van der Waals surface area contributed by atoms with Crippen molar-refractivity contribution in [2.75, 3.05) is 31.2 Å². The summed E-state index contributed by atoms with van der Waals surface area (Å²) in [5.74, 6) is 1.49. The number of aromatic nitrogens is 2. The number of anilines is 1. The third-order valence-electron chi connectivity index (χ3n) is 3.20. The highest BCUT2D eigenvalue weighted by Crippen LogP contribution is 2.20. The van der Waals surface area contributed by atoms with E-state index in [0.29, 0.717) is 5.92 Å². The van der Waals surface area contributed by atoms with Gasteiger partial charge >= 0.3 is 0 Å². The standard InChI is InChI=1S/C13H21N3O/c1-3-4-11(2)12-9-14-10-13(15-12)16-5-7-17-8-6-16/h9-11H,3-8H2,1-2H3. The van der Waals surface area contributed by atoms with E-state index in [4.69, 9.17) is 9.72 Å². The van der Waals surface area contributed by atoms with Crippen molar-refractivity contribution in [2.45, 2.75) is 32.6 Å². The van der Waals surface area contributed by atoms with Crippen molar-refractivity contribution in [3.63, 3.8) is 0 Å². The van der Waals surface area contributed by atoms with Gasteiger partial charge in [-0.15, -0.1) is 0 Å². The predicted octanol–water partition coefficient (Wildman–Crippen LogP) is 2.22. The van der Waals surface area contributed by atoms with Gasteiger partial charge in [-0.25, -0.2) is 4.98 Å². The molecule has 2 heterocycles. The summed E-state index contributed by atoms with van der Waals surface area (Å²) in [7, 11) is 0. The number of nitrogens with zero attached hydrogens (tertiary/aromatic N) is 3. The van der Waals surface area contributed by atoms with Crippen LogP contribution in [0.5, 0.6) is 0 Å². The van der Waals surface area contributed by atoms with Gasteiger partial charge < -0.3 is 9.64 Å². The second-order valence-electron chi connectivity index (χ2n) is 4.59. The molecule has 1 atom stereocenters. The second-order valence-corrected chi connectivity index (χ2v) is 4.59. The van der Waals surface area contributed by atoms with E-state index in [0.717, 1.165) is 37.8 Å². The maximum Gasteiger partial charge on any atom is 0.147 e. The third kappa shape index (κ3) is 3.16. The van der Waals surface area contributed by atoms with E-state index in [9.17, 15) is 0 Å². The molecule has 1 aromatic heterocycles. The van der Waals surface area contributed by atoms with Gasteiger partial charge in [0.2, 0.25) is 0 Å². The maximum absolute atomic E-state index is 5.35. The summed E-state index contributed by atoms with van der Waals surface area (Å²) in [4.78, 5) is 11.3. The first-order valence-corrected chi connectivity index (χ1v) is 6.46. The summed E-state index contributed by atoms with van der Waals surface area (Å²) < 4.78 is 5.35. The van der Waals surface area contributed by atoms with Crippen molar-refractivity contribution in [1.29, 1.82) is 0 Å². The first kappa shape index (κ1) is 12.3. The van der Waals surface area contributed by atoms with Gasteiger partial charge in [0, 0.05) is 25.2 Å². The molecule has 0 spiro atoms. The molecule has 0 saturated carbocycles. The molecule has 1 aliphatic rings. The fourth-order valence-electron chi connectivity index (χ4n) is 2.13. The molecule has 17 heavy (non-hydrogen) atoms. The van der Waals surface area contributed by atoms with Crippen molar-refractivity contribution in [3.05, 3.63) is 18.1 Å². The summed E-state index contributed by atoms with van der Waals surface area (Å²) in [6.07, 6.45) is 6.10. The molecule has 4 nitrogen and oxygen atoms in total. The molecule has 0 amide bonds. The van der Waals surface area contributed by atoms with E-state index in [-0.39, 0.29) is 0 Å². The van der Waals surface area contributed by atoms with E-state index < -0.39 is 0 Å². The smallest absolute Gasteiger partial charge is 0.147 e. The first-order chi connectivity index (χ1) is 8.31. The Morgan fingerprint density at radius 1 is 1.35 bits per heavy atom. The summed E-state index contributed by atoms with van der Waals surface area (Å²) in [5.41, 5.74) is 1.11. The number of ether oxygens (including phenoxy) is 1. The van der Waals surface area contributed by atoms with Crippen LogP contribution in [0.1, 0.15) is 38.3 Å². The molecule has 1 aromatic rings. The molecule has 94 valence electrons. The number of morpholine rings is 1. The van der Waals surface area contributed by atoms with Crippen LogP contribution in [0.4, 0.5) is 5.82 Å². The van der Waals surface area contributed by atoms with Crippen LogP contribution in [0.15, 0.2) is 12.4 Å². The molecule has 0 radical (unpaired) electrons. The van der Waals surface area contributed by atoms with Gasteiger partial charge in [-0.05, 0) is 6.42 Å². The quantitative estimate of drug-likeness (QED) is 0.802. The Labute approximate surface area is 103 Å². The zero-order valence-corrected chi connectivity index (χ0v) is 10.7. The molecule has 2 rings (SSSR count). The zero-order valence-electron chi connectivity index (χ0n) is 10.7. The molecule has 1 fully saturated rings. The molecular formula is C13H21N3O. The van der Waals surface area contributed by atoms with Gasteiger partial charge in [-0.3, -0.25) is 4.98 Å². The van der Waals surface area contributed by atoms with Crippen LogP contribution < -0.4 is 4.90 Å². The van der Waals surface area contributed by atoms with Crippen molar-refractivity contribution >= 4 is 5.82 Å². The van der Waals surface area contributed by atoms with Crippen LogP contribution in [-0.4, -0.2) is 36.3 Å². The third-order valence-corrected chi connectivity index (χ3v) is 3.20. The predicted molar refractivity (Wildman–Crippen MR) is 68.4 cm³/mol. The Morgan fingerprint density at radius 3 is 2.82 bits per heavy atom. The van der Waals surface area contributed by atoms with E-state index in [2.05, 4.69) is 23.7 Å². The largest absolute Gasteiger partial charge is 0.378 e. The monoisotopic (exact) mass is 235 g/mol. The first-order valence-electron chi connectivity index (χ1n) is 6.46. The average molecular weight is 235 g/mol. The molecule has 0 N–H and O–H groups in total. The van der Waals surface area contributed by atoms with Crippen molar-refractivity contribution in [1.82, 2.24) is 9.97 Å². The molecular weight excluding hydrogens is 214 g/mol. The van der Waals surface area contributed by atoms with Gasteiger partial charge in [0.1, 0.15) is 5.82 Å². The van der Waals surface area contributed by atoms with Crippen molar-refractivity contribution < 1.29 is 4.74 Å². The van der Waals surface area contributed by atoms with Gasteiger partial charge in [0.15, 0.2) is 0 Å². The topological polar surface area (TPSA) is 38.2 Å². The summed E-state index contributed by atoms with van der Waals surface area (Å²) in [5, 5.41) is 0. The summed E-state index contributed by atoms with van der Waals surface area (Å²) in [6, 6.07) is 0. The Morgan fingerprint density at radius 2 is 2.12 bits per heavy atom. The highest BCUT2D eigenvalue weighted by Gasteiger charge is 2.14. The highest BCUT2D eigenvalue weighted by molar-refractivity contribution is 5.37. The van der Waals surface area contributed by atoms with Crippen molar-refractivity contribution in [2.24, 2.45) is 0 Å². The SMILES string of the molecule is CCCC(C)c1cncc(N2CCOCC2)n1. The van der Waals surface area contributed by atoms with Crippen LogP contribution in [0.3, 0.4) is 0 Å². The van der Waals surface area contributed by atoms with Crippen LogP contribution in [-0.2, 0) is 4.74 Å². The van der Waals surface area contributed by atoms with E-state index in [1.54, 1.807) is 0 Å². The van der Waals surface area contributed by atoms with Gasteiger partial charge in [0.25, 0.3) is 0 Å². The minimum atomic E-state index is 0.494. The number of hydrogen-bond acceptors (Lipinski definition) is 4. The summed E-state index contributed by atoms with van der Waals surface area (Å²) in [6.45, 7) is 7.83. The van der Waals surface area contributed by atoms with Gasteiger partial charge in [-0.1, -0.05) is 20.3 Å². The Kier molecular flexibility index (Phi) is 4.31. The number of hydrogen-bond donors (Lipinski definition) is 0. The lowest BCUT2D eigenvalue weighted by molar-refractivity contribution is 0.122.